The largest absolute Gasteiger partial charge is 0.484 e. The number of carbonyl (C=O) groups excluding carboxylic acids is 2. The molecule has 166 valence electrons. The lowest BCUT2D eigenvalue weighted by atomic mass is 9.98. The predicted molar refractivity (Wildman–Crippen MR) is 120 cm³/mol. The second-order valence-corrected chi connectivity index (χ2v) is 8.05. The molecule has 1 aliphatic heterocycles. The van der Waals surface area contributed by atoms with Gasteiger partial charge >= 0.3 is 0 Å². The van der Waals surface area contributed by atoms with Gasteiger partial charge in [0.05, 0.1) is 17.0 Å². The first-order valence-electron chi connectivity index (χ1n) is 10.4. The van der Waals surface area contributed by atoms with Crippen molar-refractivity contribution in [2.75, 3.05) is 33.8 Å². The van der Waals surface area contributed by atoms with Crippen molar-refractivity contribution in [3.8, 4) is 5.75 Å². The Bertz CT molecular complexity index is 1220. The Morgan fingerprint density at radius 2 is 1.84 bits per heavy atom. The number of para-hydroxylation sites is 1. The van der Waals surface area contributed by atoms with Crippen LogP contribution in [0, 0.1) is 0 Å². The zero-order chi connectivity index (χ0) is 22.8. The van der Waals surface area contributed by atoms with Crippen LogP contribution >= 0.6 is 0 Å². The summed E-state index contributed by atoms with van der Waals surface area (Å²) in [5.41, 5.74) is 6.43. The van der Waals surface area contributed by atoms with Crippen LogP contribution in [0.15, 0.2) is 57.7 Å². The van der Waals surface area contributed by atoms with E-state index in [0.29, 0.717) is 28.8 Å². The smallest absolute Gasteiger partial charge is 0.290 e. The molecular formula is C24H25N3O5. The van der Waals surface area contributed by atoms with E-state index in [4.69, 9.17) is 14.9 Å². The maximum Gasteiger partial charge on any atom is 0.290 e. The van der Waals surface area contributed by atoms with Crippen molar-refractivity contribution < 1.29 is 18.7 Å². The number of hydrogen-bond donors (Lipinski definition) is 1. The van der Waals surface area contributed by atoms with Crippen LogP contribution in [0.3, 0.4) is 0 Å². The third-order valence-corrected chi connectivity index (χ3v) is 5.45. The number of rotatable bonds is 8. The number of fused-ring (bicyclic) bond motifs is 2. The van der Waals surface area contributed by atoms with E-state index in [0.717, 1.165) is 18.5 Å². The first-order valence-corrected chi connectivity index (χ1v) is 10.4. The third-order valence-electron chi connectivity index (χ3n) is 5.45. The number of hydrogen-bond acceptors (Lipinski definition) is 6. The Hall–Kier alpha value is -3.65. The van der Waals surface area contributed by atoms with Crippen molar-refractivity contribution >= 4 is 22.8 Å². The average molecular weight is 435 g/mol. The Balaban J connectivity index is 1.76. The summed E-state index contributed by atoms with van der Waals surface area (Å²) >= 11 is 0. The molecule has 4 rings (SSSR count). The summed E-state index contributed by atoms with van der Waals surface area (Å²) in [5, 5.41) is 0.445. The van der Waals surface area contributed by atoms with Gasteiger partial charge in [0.1, 0.15) is 11.3 Å². The van der Waals surface area contributed by atoms with E-state index in [2.05, 4.69) is 0 Å². The molecule has 0 saturated heterocycles. The molecule has 0 fully saturated rings. The average Bonchev–Trinajstić information content (AvgIpc) is 3.05. The number of nitrogens with two attached hydrogens (primary N) is 1. The highest BCUT2D eigenvalue weighted by Gasteiger charge is 2.42. The van der Waals surface area contributed by atoms with Gasteiger partial charge in [0.25, 0.3) is 11.8 Å². The predicted octanol–water partition coefficient (Wildman–Crippen LogP) is 2.15. The molecule has 8 nitrogen and oxygen atoms in total. The monoisotopic (exact) mass is 435 g/mol. The molecule has 3 aromatic rings. The third kappa shape index (κ3) is 4.09. The molecule has 0 radical (unpaired) electrons. The second kappa shape index (κ2) is 8.84. The Labute approximate surface area is 185 Å². The van der Waals surface area contributed by atoms with Crippen LogP contribution in [0.25, 0.3) is 11.0 Å². The fourth-order valence-corrected chi connectivity index (χ4v) is 4.00. The zero-order valence-electron chi connectivity index (χ0n) is 18.0. The van der Waals surface area contributed by atoms with Crippen molar-refractivity contribution in [1.29, 1.82) is 0 Å². The molecule has 2 amide bonds. The van der Waals surface area contributed by atoms with Gasteiger partial charge in [-0.2, -0.15) is 0 Å². The van der Waals surface area contributed by atoms with Crippen molar-refractivity contribution in [3.05, 3.63) is 75.6 Å². The summed E-state index contributed by atoms with van der Waals surface area (Å²) in [4.78, 5) is 41.4. The Morgan fingerprint density at radius 1 is 1.12 bits per heavy atom. The van der Waals surface area contributed by atoms with Gasteiger partial charge in [-0.05, 0) is 56.9 Å². The maximum absolute atomic E-state index is 13.4. The molecule has 8 heteroatoms. The molecule has 1 atom stereocenters. The van der Waals surface area contributed by atoms with Crippen molar-refractivity contribution in [2.24, 2.45) is 5.73 Å². The van der Waals surface area contributed by atoms with Gasteiger partial charge in [0.15, 0.2) is 12.0 Å². The number of nitrogens with zero attached hydrogens (tertiary/aromatic N) is 2. The molecule has 32 heavy (non-hydrogen) atoms. The van der Waals surface area contributed by atoms with E-state index in [1.165, 1.54) is 0 Å². The molecule has 0 spiro atoms. The van der Waals surface area contributed by atoms with E-state index in [-0.39, 0.29) is 23.7 Å². The number of benzene rings is 2. The maximum atomic E-state index is 13.4. The topological polar surface area (TPSA) is 106 Å². The molecule has 2 N–H and O–H groups in total. The van der Waals surface area contributed by atoms with E-state index in [1.807, 2.05) is 19.0 Å². The van der Waals surface area contributed by atoms with E-state index in [1.54, 1.807) is 53.4 Å². The van der Waals surface area contributed by atoms with Crippen LogP contribution in [0.5, 0.6) is 5.75 Å². The lowest BCUT2D eigenvalue weighted by Gasteiger charge is -2.26. The summed E-state index contributed by atoms with van der Waals surface area (Å²) in [6.07, 6.45) is 0.747. The quantitative estimate of drug-likeness (QED) is 0.581. The van der Waals surface area contributed by atoms with Crippen molar-refractivity contribution in [2.45, 2.75) is 12.5 Å². The molecule has 0 bridgehead atoms. The highest BCUT2D eigenvalue weighted by atomic mass is 16.5. The van der Waals surface area contributed by atoms with E-state index < -0.39 is 11.9 Å². The van der Waals surface area contributed by atoms with Crippen LogP contribution < -0.4 is 15.9 Å². The standard InChI is InChI=1S/C24H25N3O5/c1-26(2)12-5-13-27-21(15-8-10-16(11-9-15)31-14-19(25)28)20-22(29)17-6-3-4-7-18(17)32-23(20)24(27)30/h3-4,6-11,21H,5,12-14H2,1-2H3,(H2,25,28)/t21-/m0/s1. The van der Waals surface area contributed by atoms with E-state index >= 15 is 0 Å². The molecule has 2 aromatic carbocycles. The molecule has 0 unspecified atom stereocenters. The minimum absolute atomic E-state index is 0.0950. The van der Waals surface area contributed by atoms with Gasteiger partial charge < -0.3 is 24.7 Å². The highest BCUT2D eigenvalue weighted by Crippen LogP contribution is 2.38. The SMILES string of the molecule is CN(C)CCCN1C(=O)c2oc3ccccc3c(=O)c2[C@@H]1c1ccc(OCC(N)=O)cc1. The molecular weight excluding hydrogens is 410 g/mol. The van der Waals surface area contributed by atoms with Crippen LogP contribution in [0.2, 0.25) is 0 Å². The van der Waals surface area contributed by atoms with Crippen LogP contribution in [-0.2, 0) is 4.79 Å². The summed E-state index contributed by atoms with van der Waals surface area (Å²) in [6.45, 7) is 1.05. The van der Waals surface area contributed by atoms with Gasteiger partial charge in [-0.3, -0.25) is 14.4 Å². The number of carbonyl (C=O) groups is 2. The van der Waals surface area contributed by atoms with Gasteiger partial charge in [-0.25, -0.2) is 0 Å². The first kappa shape index (κ1) is 21.6. The molecule has 0 aliphatic carbocycles. The summed E-state index contributed by atoms with van der Waals surface area (Å²) in [7, 11) is 3.95. The van der Waals surface area contributed by atoms with Gasteiger partial charge in [-0.1, -0.05) is 24.3 Å². The van der Waals surface area contributed by atoms with Gasteiger partial charge in [0, 0.05) is 6.54 Å². The Morgan fingerprint density at radius 3 is 2.53 bits per heavy atom. The van der Waals surface area contributed by atoms with Crippen molar-refractivity contribution in [3.63, 3.8) is 0 Å². The molecule has 2 heterocycles. The van der Waals surface area contributed by atoms with E-state index in [9.17, 15) is 14.4 Å². The zero-order valence-corrected chi connectivity index (χ0v) is 18.0. The fraction of sp³-hybridized carbons (Fsp3) is 0.292. The first-order chi connectivity index (χ1) is 15.4. The minimum atomic E-state index is -0.569. The normalized spacial score (nSPS) is 15.4. The summed E-state index contributed by atoms with van der Waals surface area (Å²) < 4.78 is 11.3. The fourth-order valence-electron chi connectivity index (χ4n) is 4.00. The molecule has 0 saturated carbocycles. The van der Waals surface area contributed by atoms with Crippen molar-refractivity contribution in [1.82, 2.24) is 9.80 Å². The van der Waals surface area contributed by atoms with Gasteiger partial charge in [0.2, 0.25) is 5.76 Å². The highest BCUT2D eigenvalue weighted by molar-refractivity contribution is 5.99. The lowest BCUT2D eigenvalue weighted by molar-refractivity contribution is -0.119. The van der Waals surface area contributed by atoms with Gasteiger partial charge in [-0.15, -0.1) is 0 Å². The summed E-state index contributed by atoms with van der Waals surface area (Å²) in [6, 6.07) is 13.4. The summed E-state index contributed by atoms with van der Waals surface area (Å²) in [5.74, 6) is -0.291. The Kier molecular flexibility index (Phi) is 5.96. The molecule has 1 aliphatic rings. The lowest BCUT2D eigenvalue weighted by Crippen LogP contribution is -2.32. The second-order valence-electron chi connectivity index (χ2n) is 8.05. The minimum Gasteiger partial charge on any atom is -0.484 e. The number of primary amides is 1. The van der Waals surface area contributed by atoms with Crippen LogP contribution in [0.4, 0.5) is 0 Å². The van der Waals surface area contributed by atoms with Crippen LogP contribution in [-0.4, -0.2) is 55.4 Å². The number of ether oxygens (including phenoxy) is 1. The number of amides is 2. The molecule has 1 aromatic heterocycles. The van der Waals surface area contributed by atoms with Crippen LogP contribution in [0.1, 0.15) is 34.1 Å².